The van der Waals surface area contributed by atoms with Crippen LogP contribution in [0.1, 0.15) is 5.56 Å². The van der Waals surface area contributed by atoms with Gasteiger partial charge in [-0.3, -0.25) is 0 Å². The van der Waals surface area contributed by atoms with Crippen molar-refractivity contribution in [1.29, 1.82) is 0 Å². The average molecular weight is 293 g/mol. The van der Waals surface area contributed by atoms with Gasteiger partial charge in [-0.05, 0) is 55.9 Å². The lowest BCUT2D eigenvalue weighted by Gasteiger charge is -2.11. The Morgan fingerprint density at radius 1 is 1.11 bits per heavy atom. The SMILES string of the molecule is CN(C)CCc1c[c]cc(-c2c(Cl)cccc2Cl)c1. The van der Waals surface area contributed by atoms with E-state index >= 15 is 0 Å². The van der Waals surface area contributed by atoms with E-state index in [1.807, 2.05) is 30.3 Å². The molecule has 0 N–H and O–H groups in total. The molecule has 0 amide bonds. The maximum atomic E-state index is 6.24. The molecule has 19 heavy (non-hydrogen) atoms. The first-order valence-corrected chi connectivity index (χ1v) is 6.92. The zero-order chi connectivity index (χ0) is 13.8. The van der Waals surface area contributed by atoms with Crippen LogP contribution in [0.2, 0.25) is 10.0 Å². The molecule has 99 valence electrons. The van der Waals surface area contributed by atoms with E-state index in [4.69, 9.17) is 23.2 Å². The van der Waals surface area contributed by atoms with E-state index in [-0.39, 0.29) is 0 Å². The van der Waals surface area contributed by atoms with Gasteiger partial charge in [0.15, 0.2) is 0 Å². The van der Waals surface area contributed by atoms with E-state index in [2.05, 4.69) is 31.1 Å². The number of hydrogen-bond acceptors (Lipinski definition) is 1. The van der Waals surface area contributed by atoms with Gasteiger partial charge in [-0.2, -0.15) is 0 Å². The van der Waals surface area contributed by atoms with Crippen molar-refractivity contribution in [2.45, 2.75) is 6.42 Å². The van der Waals surface area contributed by atoms with E-state index < -0.39 is 0 Å². The van der Waals surface area contributed by atoms with E-state index in [1.165, 1.54) is 5.56 Å². The molecule has 0 heterocycles. The number of nitrogens with zero attached hydrogens (tertiary/aromatic N) is 1. The van der Waals surface area contributed by atoms with Gasteiger partial charge in [0.2, 0.25) is 0 Å². The minimum Gasteiger partial charge on any atom is -0.309 e. The smallest absolute Gasteiger partial charge is 0.0499 e. The first-order valence-electron chi connectivity index (χ1n) is 6.17. The van der Waals surface area contributed by atoms with Crippen LogP contribution in [0.25, 0.3) is 11.1 Å². The van der Waals surface area contributed by atoms with Crippen molar-refractivity contribution < 1.29 is 0 Å². The van der Waals surface area contributed by atoms with Crippen LogP contribution in [0, 0.1) is 6.07 Å². The molecule has 0 fully saturated rings. The third-order valence-corrected chi connectivity index (χ3v) is 3.58. The fraction of sp³-hybridized carbons (Fsp3) is 0.250. The van der Waals surface area contributed by atoms with Crippen LogP contribution in [0.4, 0.5) is 0 Å². The fourth-order valence-corrected chi connectivity index (χ4v) is 2.55. The Morgan fingerprint density at radius 3 is 2.42 bits per heavy atom. The minimum atomic E-state index is 0.672. The summed E-state index contributed by atoms with van der Waals surface area (Å²) in [7, 11) is 4.14. The van der Waals surface area contributed by atoms with Crippen molar-refractivity contribution in [2.75, 3.05) is 20.6 Å². The van der Waals surface area contributed by atoms with Gasteiger partial charge in [0, 0.05) is 22.2 Å². The fourth-order valence-electron chi connectivity index (χ4n) is 1.94. The van der Waals surface area contributed by atoms with Crippen molar-refractivity contribution in [1.82, 2.24) is 4.90 Å². The van der Waals surface area contributed by atoms with Crippen molar-refractivity contribution in [3.8, 4) is 11.1 Å². The predicted octanol–water partition coefficient (Wildman–Crippen LogP) is 4.56. The highest BCUT2D eigenvalue weighted by Crippen LogP contribution is 2.34. The third-order valence-electron chi connectivity index (χ3n) is 2.95. The summed E-state index contributed by atoms with van der Waals surface area (Å²) in [6, 6.07) is 14.8. The summed E-state index contributed by atoms with van der Waals surface area (Å²) in [5, 5.41) is 1.34. The summed E-state index contributed by atoms with van der Waals surface area (Å²) >= 11 is 12.5. The summed E-state index contributed by atoms with van der Waals surface area (Å²) in [6.45, 7) is 1.01. The maximum absolute atomic E-state index is 6.24. The Bertz CT molecular complexity index is 544. The molecule has 0 bridgehead atoms. The lowest BCUT2D eigenvalue weighted by molar-refractivity contribution is 0.413. The summed E-state index contributed by atoms with van der Waals surface area (Å²) in [4.78, 5) is 2.16. The molecule has 2 aromatic rings. The zero-order valence-electron chi connectivity index (χ0n) is 11.1. The molecule has 0 aliphatic rings. The monoisotopic (exact) mass is 292 g/mol. The molecular weight excluding hydrogens is 277 g/mol. The molecule has 0 saturated carbocycles. The number of benzene rings is 2. The van der Waals surface area contributed by atoms with Crippen molar-refractivity contribution in [3.05, 3.63) is 58.1 Å². The molecule has 0 aliphatic heterocycles. The van der Waals surface area contributed by atoms with Gasteiger partial charge in [-0.15, -0.1) is 0 Å². The molecule has 0 aliphatic carbocycles. The Kier molecular flexibility index (Phi) is 4.87. The molecular formula is C16H16Cl2N. The molecule has 2 rings (SSSR count). The van der Waals surface area contributed by atoms with Crippen LogP contribution < -0.4 is 0 Å². The zero-order valence-corrected chi connectivity index (χ0v) is 12.6. The van der Waals surface area contributed by atoms with Crippen LogP contribution in [-0.4, -0.2) is 25.5 Å². The Morgan fingerprint density at radius 2 is 1.79 bits per heavy atom. The van der Waals surface area contributed by atoms with Crippen LogP contribution in [-0.2, 0) is 6.42 Å². The Labute approximate surface area is 124 Å². The van der Waals surface area contributed by atoms with Crippen molar-refractivity contribution in [3.63, 3.8) is 0 Å². The van der Waals surface area contributed by atoms with E-state index in [1.54, 1.807) is 0 Å². The van der Waals surface area contributed by atoms with E-state index in [0.717, 1.165) is 24.1 Å². The van der Waals surface area contributed by atoms with Gasteiger partial charge >= 0.3 is 0 Å². The van der Waals surface area contributed by atoms with Crippen LogP contribution in [0.5, 0.6) is 0 Å². The molecule has 0 aromatic heterocycles. The van der Waals surface area contributed by atoms with Gasteiger partial charge in [0.05, 0.1) is 0 Å². The molecule has 0 spiro atoms. The van der Waals surface area contributed by atoms with Crippen LogP contribution in [0.15, 0.2) is 36.4 Å². The number of likely N-dealkylation sites (N-methyl/N-ethyl adjacent to an activating group) is 1. The first-order chi connectivity index (χ1) is 9.08. The summed E-state index contributed by atoms with van der Waals surface area (Å²) in [5.41, 5.74) is 3.14. The number of halogens is 2. The van der Waals surface area contributed by atoms with E-state index in [9.17, 15) is 0 Å². The van der Waals surface area contributed by atoms with Crippen molar-refractivity contribution >= 4 is 23.2 Å². The van der Waals surface area contributed by atoms with Crippen LogP contribution >= 0.6 is 23.2 Å². The largest absolute Gasteiger partial charge is 0.309 e. The lowest BCUT2D eigenvalue weighted by Crippen LogP contribution is -2.15. The second-order valence-corrected chi connectivity index (χ2v) is 5.59. The van der Waals surface area contributed by atoms with Gasteiger partial charge in [0.1, 0.15) is 0 Å². The minimum absolute atomic E-state index is 0.672. The van der Waals surface area contributed by atoms with Gasteiger partial charge in [-0.1, -0.05) is 41.4 Å². The average Bonchev–Trinajstić information content (AvgIpc) is 2.37. The quantitative estimate of drug-likeness (QED) is 0.798. The number of rotatable bonds is 4. The summed E-state index contributed by atoms with van der Waals surface area (Å²) < 4.78 is 0. The predicted molar refractivity (Wildman–Crippen MR) is 83.0 cm³/mol. The molecule has 0 atom stereocenters. The molecule has 2 aromatic carbocycles. The highest BCUT2D eigenvalue weighted by Gasteiger charge is 2.08. The molecule has 3 heteroatoms. The second-order valence-electron chi connectivity index (χ2n) is 4.78. The highest BCUT2D eigenvalue weighted by atomic mass is 35.5. The van der Waals surface area contributed by atoms with Crippen LogP contribution in [0.3, 0.4) is 0 Å². The normalized spacial score (nSPS) is 11.0. The molecule has 0 saturated heterocycles. The number of hydrogen-bond donors (Lipinski definition) is 0. The first kappa shape index (κ1) is 14.4. The van der Waals surface area contributed by atoms with Crippen molar-refractivity contribution in [2.24, 2.45) is 0 Å². The Balaban J connectivity index is 2.33. The maximum Gasteiger partial charge on any atom is 0.0499 e. The van der Waals surface area contributed by atoms with E-state index in [0.29, 0.717) is 10.0 Å². The summed E-state index contributed by atoms with van der Waals surface area (Å²) in [5.74, 6) is 0. The third kappa shape index (κ3) is 3.73. The summed E-state index contributed by atoms with van der Waals surface area (Å²) in [6.07, 6.45) is 0.986. The second kappa shape index (κ2) is 6.42. The van der Waals surface area contributed by atoms with Gasteiger partial charge in [-0.25, -0.2) is 0 Å². The topological polar surface area (TPSA) is 3.24 Å². The van der Waals surface area contributed by atoms with Gasteiger partial charge in [0.25, 0.3) is 0 Å². The van der Waals surface area contributed by atoms with Gasteiger partial charge < -0.3 is 4.90 Å². The Hall–Kier alpha value is -1.02. The molecule has 1 nitrogen and oxygen atoms in total. The standard InChI is InChI=1S/C16H16Cl2N/c1-19(2)10-9-12-5-3-6-13(11-12)16-14(17)7-4-8-15(16)18/h4-8,11H,9-10H2,1-2H3. The molecule has 1 radical (unpaired) electrons. The highest BCUT2D eigenvalue weighted by molar-refractivity contribution is 6.39. The molecule has 0 unspecified atom stereocenters. The lowest BCUT2D eigenvalue weighted by atomic mass is 10.0.